The normalized spacial score (nSPS) is 20.3. The molecule has 3 heterocycles. The molecule has 0 radical (unpaired) electrons. The zero-order valence-electron chi connectivity index (χ0n) is 11.7. The number of pyridine rings is 1. The van der Waals surface area contributed by atoms with Crippen molar-refractivity contribution >= 4 is 17.3 Å². The molecule has 5 heteroatoms. The molecule has 1 fully saturated rings. The molecular weight excluding hydrogens is 238 g/mol. The molecule has 0 atom stereocenters. The number of nitrogens with one attached hydrogen (secondary N) is 2. The van der Waals surface area contributed by atoms with E-state index in [1.54, 1.807) is 0 Å². The Bertz CT molecular complexity index is 426. The van der Waals surface area contributed by atoms with E-state index in [4.69, 9.17) is 4.98 Å². The molecular formula is C14H23N5. The van der Waals surface area contributed by atoms with Crippen LogP contribution in [0.3, 0.4) is 0 Å². The fourth-order valence-electron chi connectivity index (χ4n) is 2.77. The summed E-state index contributed by atoms with van der Waals surface area (Å²) in [5, 5.41) is 6.89. The minimum Gasteiger partial charge on any atom is -0.372 e. The molecule has 0 unspecified atom stereocenters. The number of hydrogen-bond donors (Lipinski definition) is 2. The van der Waals surface area contributed by atoms with Crippen molar-refractivity contribution in [1.82, 2.24) is 10.3 Å². The Labute approximate surface area is 115 Å². The van der Waals surface area contributed by atoms with E-state index >= 15 is 0 Å². The van der Waals surface area contributed by atoms with E-state index in [0.29, 0.717) is 0 Å². The molecule has 0 aromatic carbocycles. The maximum atomic E-state index is 4.83. The minimum atomic E-state index is 1.01. The Kier molecular flexibility index (Phi) is 3.73. The van der Waals surface area contributed by atoms with Crippen LogP contribution in [0.15, 0.2) is 12.1 Å². The SMILES string of the molecule is CN1CCCNc2nc(N3CCCNCC3)ccc21. The zero-order valence-corrected chi connectivity index (χ0v) is 11.7. The lowest BCUT2D eigenvalue weighted by Gasteiger charge is -2.24. The standard InChI is InChI=1S/C14H23N5/c1-18-9-3-7-16-14-12(18)4-5-13(17-14)19-10-2-6-15-8-11-19/h4-5,15H,2-3,6-11H2,1H3,(H,16,17). The van der Waals surface area contributed by atoms with Crippen LogP contribution in [0.5, 0.6) is 0 Å². The van der Waals surface area contributed by atoms with Gasteiger partial charge in [-0.3, -0.25) is 0 Å². The summed E-state index contributed by atoms with van der Waals surface area (Å²) in [6.45, 7) is 6.40. The van der Waals surface area contributed by atoms with Gasteiger partial charge in [-0.1, -0.05) is 0 Å². The summed E-state index contributed by atoms with van der Waals surface area (Å²) < 4.78 is 0. The molecule has 2 aliphatic heterocycles. The Hall–Kier alpha value is -1.49. The van der Waals surface area contributed by atoms with Gasteiger partial charge in [0.1, 0.15) is 5.82 Å². The summed E-state index contributed by atoms with van der Waals surface area (Å²) in [6, 6.07) is 4.36. The van der Waals surface area contributed by atoms with Crippen LogP contribution in [-0.2, 0) is 0 Å². The fraction of sp³-hybridized carbons (Fsp3) is 0.643. The molecule has 2 aliphatic rings. The lowest BCUT2D eigenvalue weighted by molar-refractivity contribution is 0.724. The van der Waals surface area contributed by atoms with Gasteiger partial charge in [0.2, 0.25) is 0 Å². The topological polar surface area (TPSA) is 43.4 Å². The zero-order chi connectivity index (χ0) is 13.1. The lowest BCUT2D eigenvalue weighted by atomic mass is 10.3. The molecule has 104 valence electrons. The van der Waals surface area contributed by atoms with E-state index in [1.807, 2.05) is 0 Å². The maximum absolute atomic E-state index is 4.83. The van der Waals surface area contributed by atoms with Gasteiger partial charge in [0.25, 0.3) is 0 Å². The van der Waals surface area contributed by atoms with Crippen molar-refractivity contribution in [2.24, 2.45) is 0 Å². The smallest absolute Gasteiger partial charge is 0.152 e. The molecule has 1 aromatic heterocycles. The Morgan fingerprint density at radius 1 is 1.05 bits per heavy atom. The third-order valence-corrected chi connectivity index (χ3v) is 3.90. The molecule has 0 spiro atoms. The number of nitrogens with zero attached hydrogens (tertiary/aromatic N) is 3. The largest absolute Gasteiger partial charge is 0.372 e. The van der Waals surface area contributed by atoms with Crippen LogP contribution in [0, 0.1) is 0 Å². The molecule has 0 amide bonds. The van der Waals surface area contributed by atoms with Crippen molar-refractivity contribution in [3.8, 4) is 0 Å². The van der Waals surface area contributed by atoms with Crippen LogP contribution in [0.4, 0.5) is 17.3 Å². The van der Waals surface area contributed by atoms with E-state index in [0.717, 1.165) is 57.3 Å². The van der Waals surface area contributed by atoms with Gasteiger partial charge in [0, 0.05) is 39.8 Å². The first kappa shape index (κ1) is 12.5. The van der Waals surface area contributed by atoms with Crippen molar-refractivity contribution < 1.29 is 0 Å². The maximum Gasteiger partial charge on any atom is 0.152 e. The van der Waals surface area contributed by atoms with Gasteiger partial charge in [0.15, 0.2) is 5.82 Å². The Morgan fingerprint density at radius 3 is 2.89 bits per heavy atom. The molecule has 5 nitrogen and oxygen atoms in total. The molecule has 0 saturated carbocycles. The Balaban J connectivity index is 1.85. The van der Waals surface area contributed by atoms with Crippen LogP contribution < -0.4 is 20.4 Å². The molecule has 2 N–H and O–H groups in total. The van der Waals surface area contributed by atoms with Crippen molar-refractivity contribution in [3.63, 3.8) is 0 Å². The first-order valence-electron chi connectivity index (χ1n) is 7.26. The average molecular weight is 261 g/mol. The van der Waals surface area contributed by atoms with E-state index < -0.39 is 0 Å². The van der Waals surface area contributed by atoms with Gasteiger partial charge in [0.05, 0.1) is 5.69 Å². The minimum absolute atomic E-state index is 1.01. The highest BCUT2D eigenvalue weighted by atomic mass is 15.2. The highest BCUT2D eigenvalue weighted by molar-refractivity contribution is 5.69. The highest BCUT2D eigenvalue weighted by Crippen LogP contribution is 2.28. The molecule has 1 aromatic rings. The predicted molar refractivity (Wildman–Crippen MR) is 80.3 cm³/mol. The molecule has 3 rings (SSSR count). The van der Waals surface area contributed by atoms with Crippen LogP contribution >= 0.6 is 0 Å². The van der Waals surface area contributed by atoms with Crippen LogP contribution in [0.25, 0.3) is 0 Å². The van der Waals surface area contributed by atoms with E-state index in [1.165, 1.54) is 12.1 Å². The summed E-state index contributed by atoms with van der Waals surface area (Å²) in [4.78, 5) is 9.50. The number of hydrogen-bond acceptors (Lipinski definition) is 5. The fourth-order valence-corrected chi connectivity index (χ4v) is 2.77. The summed E-state index contributed by atoms with van der Waals surface area (Å²) in [5.41, 5.74) is 1.22. The first-order chi connectivity index (χ1) is 9.34. The monoisotopic (exact) mass is 261 g/mol. The second kappa shape index (κ2) is 5.65. The van der Waals surface area contributed by atoms with Crippen molar-refractivity contribution in [3.05, 3.63) is 12.1 Å². The van der Waals surface area contributed by atoms with Gasteiger partial charge in [-0.2, -0.15) is 0 Å². The average Bonchev–Trinajstić information content (AvgIpc) is 2.80. The molecule has 1 saturated heterocycles. The van der Waals surface area contributed by atoms with E-state index in [-0.39, 0.29) is 0 Å². The summed E-state index contributed by atoms with van der Waals surface area (Å²) in [5.74, 6) is 2.14. The first-order valence-corrected chi connectivity index (χ1v) is 7.26. The second-order valence-electron chi connectivity index (χ2n) is 5.33. The number of anilines is 3. The van der Waals surface area contributed by atoms with Gasteiger partial charge >= 0.3 is 0 Å². The highest BCUT2D eigenvalue weighted by Gasteiger charge is 2.16. The summed E-state index contributed by atoms with van der Waals surface area (Å²) in [7, 11) is 2.14. The predicted octanol–water partition coefficient (Wildman–Crippen LogP) is 1.13. The van der Waals surface area contributed by atoms with Gasteiger partial charge < -0.3 is 20.4 Å². The van der Waals surface area contributed by atoms with Gasteiger partial charge in [-0.25, -0.2) is 4.98 Å². The van der Waals surface area contributed by atoms with E-state index in [9.17, 15) is 0 Å². The van der Waals surface area contributed by atoms with Crippen LogP contribution in [0.2, 0.25) is 0 Å². The third kappa shape index (κ3) is 2.76. The number of aromatic nitrogens is 1. The van der Waals surface area contributed by atoms with Gasteiger partial charge in [-0.15, -0.1) is 0 Å². The molecule has 0 bridgehead atoms. The van der Waals surface area contributed by atoms with Crippen LogP contribution in [0.1, 0.15) is 12.8 Å². The number of fused-ring (bicyclic) bond motifs is 1. The van der Waals surface area contributed by atoms with Crippen LogP contribution in [-0.4, -0.2) is 51.3 Å². The quantitative estimate of drug-likeness (QED) is 0.793. The van der Waals surface area contributed by atoms with E-state index in [2.05, 4.69) is 39.6 Å². The van der Waals surface area contributed by atoms with Crippen molar-refractivity contribution in [1.29, 1.82) is 0 Å². The second-order valence-corrected chi connectivity index (χ2v) is 5.33. The lowest BCUT2D eigenvalue weighted by Crippen LogP contribution is -2.28. The van der Waals surface area contributed by atoms with Crippen molar-refractivity contribution in [2.45, 2.75) is 12.8 Å². The third-order valence-electron chi connectivity index (χ3n) is 3.90. The Morgan fingerprint density at radius 2 is 1.95 bits per heavy atom. The van der Waals surface area contributed by atoms with Crippen molar-refractivity contribution in [2.75, 3.05) is 61.4 Å². The van der Waals surface area contributed by atoms with Gasteiger partial charge in [-0.05, 0) is 31.5 Å². The summed E-state index contributed by atoms with van der Waals surface area (Å²) in [6.07, 6.45) is 2.35. The molecule has 0 aliphatic carbocycles. The molecule has 19 heavy (non-hydrogen) atoms. The number of rotatable bonds is 1. The summed E-state index contributed by atoms with van der Waals surface area (Å²) >= 11 is 0.